The number of Topliss-reactive ketones (excluding diaryl/α,β-unsaturated/α-hetero) is 1. The van der Waals surface area contributed by atoms with Gasteiger partial charge in [0.1, 0.15) is 0 Å². The lowest BCUT2D eigenvalue weighted by Crippen LogP contribution is -2.44. The lowest BCUT2D eigenvalue weighted by Gasteiger charge is -2.18. The molecule has 0 aromatic heterocycles. The Balaban J connectivity index is 2.99. The van der Waals surface area contributed by atoms with E-state index in [1.807, 2.05) is 0 Å². The van der Waals surface area contributed by atoms with Crippen LogP contribution in [0.4, 0.5) is 10.5 Å². The third-order valence-corrected chi connectivity index (χ3v) is 3.05. The van der Waals surface area contributed by atoms with Gasteiger partial charge < -0.3 is 15.8 Å². The molecular weight excluding hydrogens is 342 g/mol. The van der Waals surface area contributed by atoms with Crippen molar-refractivity contribution >= 4 is 39.3 Å². The molecule has 0 heterocycles. The van der Waals surface area contributed by atoms with Crippen LogP contribution in [-0.2, 0) is 4.79 Å². The number of benzene rings is 1. The Morgan fingerprint density at radius 3 is 2.48 bits per heavy atom. The molecule has 1 rings (SSSR count). The van der Waals surface area contributed by atoms with E-state index in [1.165, 1.54) is 20.9 Å². The average molecular weight is 358 g/mol. The van der Waals surface area contributed by atoms with Gasteiger partial charge in [-0.3, -0.25) is 14.9 Å². The number of ketones is 1. The van der Waals surface area contributed by atoms with Crippen molar-refractivity contribution in [3.63, 3.8) is 0 Å². The minimum Gasteiger partial charge on any atom is -0.478 e. The normalized spacial score (nSPS) is 11.4. The van der Waals surface area contributed by atoms with Crippen molar-refractivity contribution in [3.8, 4) is 5.75 Å². The lowest BCUT2D eigenvalue weighted by molar-refractivity contribution is -0.126. The van der Waals surface area contributed by atoms with Crippen molar-refractivity contribution in [1.82, 2.24) is 10.6 Å². The molecule has 0 saturated carbocycles. The number of urea groups is 1. The third kappa shape index (κ3) is 4.45. The zero-order valence-corrected chi connectivity index (χ0v) is 13.4. The van der Waals surface area contributed by atoms with Crippen LogP contribution in [0.25, 0.3) is 0 Å². The van der Waals surface area contributed by atoms with Gasteiger partial charge in [0.05, 0.1) is 11.3 Å². The maximum absolute atomic E-state index is 11.7. The molecule has 7 nitrogen and oxygen atoms in total. The van der Waals surface area contributed by atoms with Crippen LogP contribution in [0, 0.1) is 0 Å². The Kier molecular flexibility index (Phi) is 5.71. The van der Waals surface area contributed by atoms with Gasteiger partial charge >= 0.3 is 6.03 Å². The minimum absolute atomic E-state index is 0.116. The molecule has 8 heteroatoms. The zero-order chi connectivity index (χ0) is 16.2. The maximum atomic E-state index is 11.7. The van der Waals surface area contributed by atoms with Crippen LogP contribution >= 0.6 is 15.9 Å². The van der Waals surface area contributed by atoms with Crippen LogP contribution in [0.2, 0.25) is 0 Å². The molecule has 3 amide bonds. The Labute approximate surface area is 130 Å². The summed E-state index contributed by atoms with van der Waals surface area (Å²) in [6.45, 7) is 2.81. The number of ether oxygens (including phenoxy) is 1. The van der Waals surface area contributed by atoms with Crippen molar-refractivity contribution in [2.24, 2.45) is 0 Å². The monoisotopic (exact) mass is 357 g/mol. The number of halogens is 1. The Bertz CT molecular complexity index is 589. The van der Waals surface area contributed by atoms with E-state index < -0.39 is 18.0 Å². The number of nitrogens with one attached hydrogen (secondary N) is 2. The van der Waals surface area contributed by atoms with Gasteiger partial charge in [-0.2, -0.15) is 0 Å². The van der Waals surface area contributed by atoms with Crippen LogP contribution in [0.15, 0.2) is 16.6 Å². The average Bonchev–Trinajstić information content (AvgIpc) is 2.40. The molecule has 0 radical (unpaired) electrons. The van der Waals surface area contributed by atoms with E-state index in [1.54, 1.807) is 12.1 Å². The largest absolute Gasteiger partial charge is 0.478 e. The highest BCUT2D eigenvalue weighted by Crippen LogP contribution is 2.31. The van der Waals surface area contributed by atoms with Gasteiger partial charge in [-0.25, -0.2) is 4.79 Å². The summed E-state index contributed by atoms with van der Waals surface area (Å²) in [4.78, 5) is 34.5. The summed E-state index contributed by atoms with van der Waals surface area (Å²) in [5, 5.41) is 4.33. The molecule has 0 aliphatic carbocycles. The predicted octanol–water partition coefficient (Wildman–Crippen LogP) is 1.46. The predicted molar refractivity (Wildman–Crippen MR) is 81.2 cm³/mol. The third-order valence-electron chi connectivity index (χ3n) is 2.59. The Morgan fingerprint density at radius 2 is 1.95 bits per heavy atom. The Hall–Kier alpha value is -2.09. The molecule has 1 atom stereocenters. The van der Waals surface area contributed by atoms with Gasteiger partial charge in [0.15, 0.2) is 17.6 Å². The molecule has 0 bridgehead atoms. The SMILES string of the molecule is CNC(=O)NC(=O)C(C)Oc1c(N)cc(Br)cc1C(C)=O. The highest BCUT2D eigenvalue weighted by molar-refractivity contribution is 9.10. The summed E-state index contributed by atoms with van der Waals surface area (Å²) in [7, 11) is 1.38. The number of hydrogen-bond donors (Lipinski definition) is 3. The first-order valence-corrected chi connectivity index (χ1v) is 6.84. The number of anilines is 1. The summed E-state index contributed by atoms with van der Waals surface area (Å²) in [6, 6.07) is 2.47. The molecule has 1 aromatic carbocycles. The van der Waals surface area contributed by atoms with E-state index in [4.69, 9.17) is 10.5 Å². The van der Waals surface area contributed by atoms with Gasteiger partial charge in [-0.15, -0.1) is 0 Å². The van der Waals surface area contributed by atoms with Gasteiger partial charge in [0, 0.05) is 11.5 Å². The van der Waals surface area contributed by atoms with E-state index in [0.29, 0.717) is 4.47 Å². The van der Waals surface area contributed by atoms with Crippen molar-refractivity contribution in [2.45, 2.75) is 20.0 Å². The van der Waals surface area contributed by atoms with Crippen molar-refractivity contribution in [3.05, 3.63) is 22.2 Å². The fourth-order valence-electron chi connectivity index (χ4n) is 1.51. The summed E-state index contributed by atoms with van der Waals surface area (Å²) in [5.41, 5.74) is 6.29. The van der Waals surface area contributed by atoms with Crippen LogP contribution < -0.4 is 21.1 Å². The number of rotatable bonds is 4. The number of imide groups is 1. The van der Waals surface area contributed by atoms with Crippen LogP contribution in [0.3, 0.4) is 0 Å². The molecule has 0 aliphatic rings. The number of carbonyl (C=O) groups excluding carboxylic acids is 3. The van der Waals surface area contributed by atoms with Gasteiger partial charge in [0.2, 0.25) is 0 Å². The molecule has 0 aliphatic heterocycles. The molecule has 4 N–H and O–H groups in total. The van der Waals surface area contributed by atoms with E-state index >= 15 is 0 Å². The summed E-state index contributed by atoms with van der Waals surface area (Å²) in [5.74, 6) is -0.784. The van der Waals surface area contributed by atoms with E-state index in [-0.39, 0.29) is 22.8 Å². The second-order valence-electron chi connectivity index (χ2n) is 4.26. The lowest BCUT2D eigenvalue weighted by atomic mass is 10.1. The molecule has 0 saturated heterocycles. The molecule has 21 heavy (non-hydrogen) atoms. The fourth-order valence-corrected chi connectivity index (χ4v) is 1.99. The summed E-state index contributed by atoms with van der Waals surface area (Å²) < 4.78 is 6.07. The first-order chi connectivity index (χ1) is 9.76. The van der Waals surface area contributed by atoms with Gasteiger partial charge in [-0.1, -0.05) is 15.9 Å². The molecule has 1 unspecified atom stereocenters. The quantitative estimate of drug-likeness (QED) is 0.557. The second-order valence-corrected chi connectivity index (χ2v) is 5.17. The van der Waals surface area contributed by atoms with E-state index in [2.05, 4.69) is 26.6 Å². The van der Waals surface area contributed by atoms with E-state index in [9.17, 15) is 14.4 Å². The topological polar surface area (TPSA) is 111 Å². The smallest absolute Gasteiger partial charge is 0.321 e. The van der Waals surface area contributed by atoms with Gasteiger partial charge in [0.25, 0.3) is 5.91 Å². The number of nitrogens with two attached hydrogens (primary N) is 1. The number of amides is 3. The van der Waals surface area contributed by atoms with E-state index in [0.717, 1.165) is 0 Å². The molecule has 0 fully saturated rings. The number of nitrogen functional groups attached to an aromatic ring is 1. The zero-order valence-electron chi connectivity index (χ0n) is 11.8. The number of hydrogen-bond acceptors (Lipinski definition) is 5. The first-order valence-electron chi connectivity index (χ1n) is 6.05. The van der Waals surface area contributed by atoms with Crippen molar-refractivity contribution < 1.29 is 19.1 Å². The van der Waals surface area contributed by atoms with Gasteiger partial charge in [-0.05, 0) is 26.0 Å². The first kappa shape index (κ1) is 17.0. The fraction of sp³-hybridized carbons (Fsp3) is 0.308. The molecular formula is C13H16BrN3O4. The molecule has 1 aromatic rings. The van der Waals surface area contributed by atoms with Crippen LogP contribution in [-0.4, -0.2) is 30.9 Å². The number of carbonyl (C=O) groups is 3. The molecule has 114 valence electrons. The molecule has 0 spiro atoms. The van der Waals surface area contributed by atoms with Crippen LogP contribution in [0.5, 0.6) is 5.75 Å². The second kappa shape index (κ2) is 7.07. The van der Waals surface area contributed by atoms with Crippen molar-refractivity contribution in [2.75, 3.05) is 12.8 Å². The minimum atomic E-state index is -0.996. The standard InChI is InChI=1S/C13H16BrN3O4/c1-6(18)9-4-8(14)5-10(15)11(9)21-7(2)12(19)17-13(20)16-3/h4-5,7H,15H2,1-3H3,(H2,16,17,19,20). The summed E-state index contributed by atoms with van der Waals surface area (Å²) >= 11 is 3.23. The Morgan fingerprint density at radius 1 is 1.33 bits per heavy atom. The highest BCUT2D eigenvalue weighted by Gasteiger charge is 2.21. The highest BCUT2D eigenvalue weighted by atomic mass is 79.9. The maximum Gasteiger partial charge on any atom is 0.321 e. The summed E-state index contributed by atoms with van der Waals surface area (Å²) in [6.07, 6.45) is -0.996. The van der Waals surface area contributed by atoms with Crippen molar-refractivity contribution in [1.29, 1.82) is 0 Å². The van der Waals surface area contributed by atoms with Crippen LogP contribution in [0.1, 0.15) is 24.2 Å².